The lowest BCUT2D eigenvalue weighted by atomic mass is 11.4. The molecule has 0 saturated heterocycles. The van der Waals surface area contributed by atoms with Gasteiger partial charge in [0.2, 0.25) is 0 Å². The van der Waals surface area contributed by atoms with Gasteiger partial charge in [0.25, 0.3) is 0 Å². The van der Waals surface area contributed by atoms with Gasteiger partial charge in [-0.15, -0.1) is 0 Å². The lowest BCUT2D eigenvalue weighted by Gasteiger charge is -1.40. The Morgan fingerprint density at radius 1 is 2.00 bits per heavy atom. The van der Waals surface area contributed by atoms with Crippen LogP contribution in [0.1, 0.15) is 0 Å². The number of rotatable bonds is 0. The van der Waals surface area contributed by atoms with Gasteiger partial charge in [0.15, 0.2) is 0 Å². The maximum atomic E-state index is 6.03. The van der Waals surface area contributed by atoms with Crippen LogP contribution in [0.3, 0.4) is 0 Å². The van der Waals surface area contributed by atoms with E-state index in [9.17, 15) is 0 Å². The molecule has 0 heterocycles. The molecule has 0 fully saturated rings. The highest BCUT2D eigenvalue weighted by Gasteiger charge is 1.23. The first-order valence-electron chi connectivity index (χ1n) is 0.921. The van der Waals surface area contributed by atoms with E-state index in [1.54, 1.807) is 6.01 Å². The standard InChI is InChI=1S/C2H4N2/c1-4-2-3/h3H,1H3. The maximum absolute atomic E-state index is 6.03. The summed E-state index contributed by atoms with van der Waals surface area (Å²) in [6.07, 6.45) is 0. The highest BCUT2D eigenvalue weighted by Crippen LogP contribution is 1.29. The largest absolute Gasteiger partial charge is 0.242 e. The zero-order chi connectivity index (χ0) is 3.41. The summed E-state index contributed by atoms with van der Waals surface area (Å²) in [6.45, 7) is 0. The van der Waals surface area contributed by atoms with E-state index in [1.807, 2.05) is 0 Å². The number of nitrogens with one attached hydrogen (secondary N) is 1. The summed E-state index contributed by atoms with van der Waals surface area (Å²) in [5.74, 6) is 0. The monoisotopic (exact) mass is 56.0 g/mol. The van der Waals surface area contributed by atoms with Crippen molar-refractivity contribution in [1.82, 2.24) is 0 Å². The fourth-order valence-electron chi connectivity index (χ4n) is 0. The second-order valence-corrected chi connectivity index (χ2v) is 0.335. The summed E-state index contributed by atoms with van der Waals surface area (Å²) in [7, 11) is 1.51. The van der Waals surface area contributed by atoms with Crippen LogP contribution < -0.4 is 0 Å². The molecule has 0 spiro atoms. The minimum Gasteiger partial charge on any atom is -0.242 e. The fourth-order valence-corrected chi connectivity index (χ4v) is 0. The number of hydrogen-bond acceptors (Lipinski definition) is 2. The van der Waals surface area contributed by atoms with Crippen molar-refractivity contribution in [1.29, 1.82) is 5.41 Å². The molecule has 0 rings (SSSR count). The molecule has 22 valence electrons. The predicted molar refractivity (Wildman–Crippen MR) is 16.1 cm³/mol. The van der Waals surface area contributed by atoms with Gasteiger partial charge in [-0.1, -0.05) is 0 Å². The molecular formula is C2H4N2. The molecule has 4 heavy (non-hydrogen) atoms. The van der Waals surface area contributed by atoms with Gasteiger partial charge in [-0.3, -0.25) is 0 Å². The molecule has 0 unspecified atom stereocenters. The normalized spacial score (nSPS) is 4.25. The Morgan fingerprint density at radius 2 is 2.25 bits per heavy atom. The van der Waals surface area contributed by atoms with Crippen molar-refractivity contribution in [3.05, 3.63) is 0 Å². The van der Waals surface area contributed by atoms with Crippen LogP contribution >= 0.6 is 0 Å². The SMILES string of the molecule is CN=C=N. The van der Waals surface area contributed by atoms with Crippen LogP contribution in [0.2, 0.25) is 0 Å². The molecule has 1 N–H and O–H groups in total. The number of hydrogen-bond donors (Lipinski definition) is 1. The Morgan fingerprint density at radius 3 is 2.25 bits per heavy atom. The third-order valence-electron chi connectivity index (χ3n) is 0.112. The minimum absolute atomic E-state index is 1.51. The first-order valence-corrected chi connectivity index (χ1v) is 0.921. The maximum Gasteiger partial charge on any atom is 0.0859 e. The van der Waals surface area contributed by atoms with Gasteiger partial charge in [-0.25, -0.2) is 10.4 Å². The van der Waals surface area contributed by atoms with E-state index in [-0.39, 0.29) is 0 Å². The molecule has 2 heteroatoms. The van der Waals surface area contributed by atoms with E-state index < -0.39 is 0 Å². The van der Waals surface area contributed by atoms with E-state index >= 15 is 0 Å². The minimum atomic E-state index is 1.51. The molecule has 0 aromatic carbocycles. The summed E-state index contributed by atoms with van der Waals surface area (Å²) >= 11 is 0. The van der Waals surface area contributed by atoms with Crippen molar-refractivity contribution in [2.75, 3.05) is 7.05 Å². The Kier molecular flexibility index (Phi) is 2.01. The smallest absolute Gasteiger partial charge is 0.0859 e. The lowest BCUT2D eigenvalue weighted by Crippen LogP contribution is -1.36. The van der Waals surface area contributed by atoms with Crippen molar-refractivity contribution in [2.24, 2.45) is 4.99 Å². The van der Waals surface area contributed by atoms with Crippen LogP contribution in [0, 0.1) is 5.41 Å². The summed E-state index contributed by atoms with van der Waals surface area (Å²) in [5.41, 5.74) is 0. The van der Waals surface area contributed by atoms with E-state index in [1.165, 1.54) is 7.05 Å². The third kappa shape index (κ3) is 1.38. The molecule has 0 amide bonds. The molecule has 0 bridgehead atoms. The molecule has 0 saturated carbocycles. The first-order chi connectivity index (χ1) is 1.91. The third-order valence-corrected chi connectivity index (χ3v) is 0.112. The quantitative estimate of drug-likeness (QED) is 0.389. The molecule has 2 nitrogen and oxygen atoms in total. The van der Waals surface area contributed by atoms with Gasteiger partial charge in [-0.2, -0.15) is 0 Å². The van der Waals surface area contributed by atoms with Crippen LogP contribution in [0.4, 0.5) is 0 Å². The van der Waals surface area contributed by atoms with Gasteiger partial charge in [-0.05, 0) is 0 Å². The second-order valence-electron chi connectivity index (χ2n) is 0.335. The van der Waals surface area contributed by atoms with E-state index in [2.05, 4.69) is 4.99 Å². The molecule has 0 aliphatic carbocycles. The second kappa shape index (κ2) is 2.38. The van der Waals surface area contributed by atoms with Crippen LogP contribution in [0.15, 0.2) is 4.99 Å². The van der Waals surface area contributed by atoms with Crippen molar-refractivity contribution in [2.45, 2.75) is 0 Å². The van der Waals surface area contributed by atoms with Gasteiger partial charge in [0, 0.05) is 7.05 Å². The van der Waals surface area contributed by atoms with Crippen LogP contribution in [-0.2, 0) is 0 Å². The highest BCUT2D eigenvalue weighted by atomic mass is 14.7. The van der Waals surface area contributed by atoms with E-state index in [0.717, 1.165) is 0 Å². The summed E-state index contributed by atoms with van der Waals surface area (Å²) in [5, 5.41) is 6.03. The molecular weight excluding hydrogens is 52.0 g/mol. The van der Waals surface area contributed by atoms with E-state index in [4.69, 9.17) is 5.41 Å². The van der Waals surface area contributed by atoms with Gasteiger partial charge in [0.1, 0.15) is 0 Å². The van der Waals surface area contributed by atoms with Crippen molar-refractivity contribution < 1.29 is 0 Å². The summed E-state index contributed by atoms with van der Waals surface area (Å²) in [6, 6.07) is 1.81. The van der Waals surface area contributed by atoms with Gasteiger partial charge < -0.3 is 0 Å². The number of nitrogens with zero attached hydrogens (tertiary/aromatic N) is 1. The predicted octanol–water partition coefficient (Wildman–Crippen LogP) is 0.369. The molecule has 0 aliphatic rings. The molecule has 0 aromatic heterocycles. The molecule has 0 aromatic rings. The van der Waals surface area contributed by atoms with Gasteiger partial charge in [0.05, 0.1) is 6.01 Å². The van der Waals surface area contributed by atoms with E-state index in [0.29, 0.717) is 0 Å². The first kappa shape index (κ1) is 3.38. The Hall–Kier alpha value is -0.620. The molecule has 0 aliphatic heterocycles. The van der Waals surface area contributed by atoms with Crippen molar-refractivity contribution in [3.63, 3.8) is 0 Å². The molecule has 0 radical (unpaired) electrons. The Balaban J connectivity index is 3.11. The highest BCUT2D eigenvalue weighted by molar-refractivity contribution is 5.34. The van der Waals surface area contributed by atoms with Crippen LogP contribution in [-0.4, -0.2) is 13.1 Å². The topological polar surface area (TPSA) is 36.2 Å². The average Bonchev–Trinajstić information content (AvgIpc) is 1.37. The number of aliphatic imine (C=N–C) groups is 1. The van der Waals surface area contributed by atoms with Crippen LogP contribution in [0.25, 0.3) is 0 Å². The Labute approximate surface area is 24.7 Å². The van der Waals surface area contributed by atoms with Crippen molar-refractivity contribution >= 4 is 6.01 Å². The average molecular weight is 56.1 g/mol. The Bertz CT molecular complexity index is 42.0. The summed E-state index contributed by atoms with van der Waals surface area (Å²) in [4.78, 5) is 3.15. The van der Waals surface area contributed by atoms with Crippen molar-refractivity contribution in [3.8, 4) is 0 Å². The zero-order valence-electron chi connectivity index (χ0n) is 2.45. The fraction of sp³-hybridized carbons (Fsp3) is 0.500. The van der Waals surface area contributed by atoms with Crippen LogP contribution in [0.5, 0.6) is 0 Å². The molecule has 0 atom stereocenters. The summed E-state index contributed by atoms with van der Waals surface area (Å²) < 4.78 is 0. The van der Waals surface area contributed by atoms with Gasteiger partial charge >= 0.3 is 0 Å². The zero-order valence-corrected chi connectivity index (χ0v) is 2.45. The lowest BCUT2D eigenvalue weighted by molar-refractivity contribution is 1.43.